The molecule has 2 N–H and O–H groups in total. The molecule has 2 rings (SSSR count). The van der Waals surface area contributed by atoms with Gasteiger partial charge in [0, 0.05) is 11.3 Å². The molecule has 0 aliphatic heterocycles. The standard InChI is InChI=1S/C24H37N5O4S/c1-15(2)14-19(21(31)23-27-28-24(33-23)34-16(3)4)26-22(32)17-10-7-8-11-18(17)25-20(30)12-9-13-29(5)6/h15-19H,7-8,10-11,13-14H2,1-6H3,(H,25,30)(H,26,32)/t17-,18+,19?/m1/s1. The van der Waals surface area contributed by atoms with E-state index in [1.54, 1.807) is 0 Å². The lowest BCUT2D eigenvalue weighted by molar-refractivity contribution is -0.128. The summed E-state index contributed by atoms with van der Waals surface area (Å²) < 4.78 is 5.54. The van der Waals surface area contributed by atoms with Crippen LogP contribution in [0, 0.1) is 23.7 Å². The first kappa shape index (κ1) is 27.9. The molecule has 1 aliphatic rings. The van der Waals surface area contributed by atoms with Crippen LogP contribution >= 0.6 is 11.8 Å². The number of aromatic nitrogens is 2. The van der Waals surface area contributed by atoms with Crippen LogP contribution in [-0.2, 0) is 9.59 Å². The number of nitrogens with zero attached hydrogens (tertiary/aromatic N) is 3. The van der Waals surface area contributed by atoms with Gasteiger partial charge in [0.2, 0.25) is 11.7 Å². The Morgan fingerprint density at radius 2 is 1.85 bits per heavy atom. The van der Waals surface area contributed by atoms with Crippen molar-refractivity contribution in [3.63, 3.8) is 0 Å². The lowest BCUT2D eigenvalue weighted by Gasteiger charge is -2.32. The van der Waals surface area contributed by atoms with Crippen molar-refractivity contribution < 1.29 is 18.8 Å². The fourth-order valence-corrected chi connectivity index (χ4v) is 4.41. The summed E-state index contributed by atoms with van der Waals surface area (Å²) in [5, 5.41) is 14.2. The van der Waals surface area contributed by atoms with Gasteiger partial charge < -0.3 is 15.1 Å². The first-order valence-corrected chi connectivity index (χ1v) is 12.7. The normalized spacial score (nSPS) is 19.0. The number of hydrogen-bond acceptors (Lipinski definition) is 8. The van der Waals surface area contributed by atoms with Crippen molar-refractivity contribution >= 4 is 29.4 Å². The van der Waals surface area contributed by atoms with Crippen molar-refractivity contribution in [3.8, 4) is 11.8 Å². The summed E-state index contributed by atoms with van der Waals surface area (Å²) in [4.78, 5) is 40.5. The van der Waals surface area contributed by atoms with Crippen molar-refractivity contribution in [3.05, 3.63) is 5.89 Å². The van der Waals surface area contributed by atoms with E-state index in [2.05, 4.69) is 32.7 Å². The highest BCUT2D eigenvalue weighted by atomic mass is 32.2. The highest BCUT2D eigenvalue weighted by Gasteiger charge is 2.35. The summed E-state index contributed by atoms with van der Waals surface area (Å²) in [5.41, 5.74) is 0. The second kappa shape index (κ2) is 13.5. The average molecular weight is 492 g/mol. The zero-order chi connectivity index (χ0) is 25.3. The topological polar surface area (TPSA) is 117 Å². The molecule has 1 aromatic heterocycles. The maximum atomic E-state index is 13.2. The number of rotatable bonds is 10. The van der Waals surface area contributed by atoms with E-state index in [-0.39, 0.29) is 34.9 Å². The predicted molar refractivity (Wildman–Crippen MR) is 131 cm³/mol. The Balaban J connectivity index is 2.09. The molecular formula is C24H37N5O4S. The SMILES string of the molecule is CC(C)CC(NC(=O)[C@@H]1CCCC[C@@H]1NC(=O)C#CCN(C)C)C(=O)c1nnc(SC(C)C)o1. The van der Waals surface area contributed by atoms with E-state index in [9.17, 15) is 14.4 Å². The third-order valence-corrected chi connectivity index (χ3v) is 6.15. The molecule has 2 amide bonds. The number of thioether (sulfide) groups is 1. The molecule has 1 saturated carbocycles. The van der Waals surface area contributed by atoms with Gasteiger partial charge in [0.15, 0.2) is 0 Å². The van der Waals surface area contributed by atoms with Gasteiger partial charge in [0.25, 0.3) is 17.0 Å². The lowest BCUT2D eigenvalue weighted by atomic mass is 9.83. The Kier molecular flexibility index (Phi) is 11.1. The first-order chi connectivity index (χ1) is 16.1. The van der Waals surface area contributed by atoms with Crippen LogP contribution in [0.2, 0.25) is 0 Å². The summed E-state index contributed by atoms with van der Waals surface area (Å²) in [5.74, 6) is 4.01. The third-order valence-electron chi connectivity index (χ3n) is 5.31. The molecule has 9 nitrogen and oxygen atoms in total. The van der Waals surface area contributed by atoms with Crippen LogP contribution in [0.1, 0.15) is 70.5 Å². The van der Waals surface area contributed by atoms with Gasteiger partial charge in [-0.25, -0.2) is 0 Å². The van der Waals surface area contributed by atoms with E-state index in [1.807, 2.05) is 46.7 Å². The number of nitrogens with one attached hydrogen (secondary N) is 2. The molecule has 3 atom stereocenters. The maximum absolute atomic E-state index is 13.2. The molecule has 10 heteroatoms. The maximum Gasteiger partial charge on any atom is 0.296 e. The minimum absolute atomic E-state index is 0.0984. The van der Waals surface area contributed by atoms with Gasteiger partial charge in [-0.2, -0.15) is 0 Å². The second-order valence-corrected chi connectivity index (χ2v) is 11.1. The fraction of sp³-hybridized carbons (Fsp3) is 0.708. The molecule has 0 aromatic carbocycles. The van der Waals surface area contributed by atoms with E-state index in [0.29, 0.717) is 31.0 Å². The van der Waals surface area contributed by atoms with Gasteiger partial charge in [0.1, 0.15) is 0 Å². The molecular weight excluding hydrogens is 454 g/mol. The zero-order valence-corrected chi connectivity index (χ0v) is 21.8. The highest BCUT2D eigenvalue weighted by molar-refractivity contribution is 7.99. The number of carbonyl (C=O) groups is 3. The van der Waals surface area contributed by atoms with Gasteiger partial charge >= 0.3 is 0 Å². The largest absolute Gasteiger partial charge is 0.408 e. The summed E-state index contributed by atoms with van der Waals surface area (Å²) in [6.07, 6.45) is 3.59. The lowest BCUT2D eigenvalue weighted by Crippen LogP contribution is -2.51. The first-order valence-electron chi connectivity index (χ1n) is 11.9. The third kappa shape index (κ3) is 9.11. The number of carbonyl (C=O) groups excluding carboxylic acids is 3. The average Bonchev–Trinajstić information content (AvgIpc) is 3.20. The Morgan fingerprint density at radius 1 is 1.15 bits per heavy atom. The van der Waals surface area contributed by atoms with E-state index in [1.165, 1.54) is 11.8 Å². The summed E-state index contributed by atoms with van der Waals surface area (Å²) >= 11 is 1.38. The van der Waals surface area contributed by atoms with Crippen LogP contribution in [-0.4, -0.2) is 70.7 Å². The molecule has 0 saturated heterocycles. The summed E-state index contributed by atoms with van der Waals surface area (Å²) in [6.45, 7) is 8.43. The van der Waals surface area contributed by atoms with Crippen LogP contribution < -0.4 is 10.6 Å². The van der Waals surface area contributed by atoms with Crippen LogP contribution in [0.3, 0.4) is 0 Å². The van der Waals surface area contributed by atoms with Gasteiger partial charge in [-0.1, -0.05) is 58.2 Å². The predicted octanol–water partition coefficient (Wildman–Crippen LogP) is 2.52. The zero-order valence-electron chi connectivity index (χ0n) is 21.0. The Bertz CT molecular complexity index is 903. The Morgan fingerprint density at radius 3 is 2.50 bits per heavy atom. The van der Waals surface area contributed by atoms with Crippen LogP contribution in [0.15, 0.2) is 9.64 Å². The van der Waals surface area contributed by atoms with Gasteiger partial charge in [-0.3, -0.25) is 19.3 Å². The molecule has 0 spiro atoms. The highest BCUT2D eigenvalue weighted by Crippen LogP contribution is 2.26. The monoisotopic (exact) mass is 491 g/mol. The summed E-state index contributed by atoms with van der Waals surface area (Å²) in [6, 6.07) is -1.09. The molecule has 1 heterocycles. The minimum atomic E-state index is -0.775. The Labute approximate surface area is 206 Å². The number of amides is 2. The van der Waals surface area contributed by atoms with Crippen molar-refractivity contribution in [2.45, 2.75) is 82.4 Å². The summed E-state index contributed by atoms with van der Waals surface area (Å²) in [7, 11) is 3.75. The molecule has 1 fully saturated rings. The number of ketones is 1. The number of hydrogen-bond donors (Lipinski definition) is 2. The van der Waals surface area contributed by atoms with Crippen LogP contribution in [0.25, 0.3) is 0 Å². The molecule has 188 valence electrons. The van der Waals surface area contributed by atoms with E-state index in [4.69, 9.17) is 4.42 Å². The molecule has 1 aliphatic carbocycles. The molecule has 0 bridgehead atoms. The van der Waals surface area contributed by atoms with Gasteiger partial charge in [-0.05, 0) is 45.2 Å². The number of Topliss-reactive ketones (excluding diaryl/α,β-unsaturated/α-hetero) is 1. The van der Waals surface area contributed by atoms with Gasteiger partial charge in [0.05, 0.1) is 18.5 Å². The van der Waals surface area contributed by atoms with E-state index < -0.39 is 17.7 Å². The second-order valence-electron chi connectivity index (χ2n) is 9.61. The van der Waals surface area contributed by atoms with E-state index >= 15 is 0 Å². The van der Waals surface area contributed by atoms with Crippen molar-refractivity contribution in [2.24, 2.45) is 11.8 Å². The Hall–Kier alpha value is -2.38. The molecule has 1 unspecified atom stereocenters. The van der Waals surface area contributed by atoms with Crippen molar-refractivity contribution in [1.82, 2.24) is 25.7 Å². The van der Waals surface area contributed by atoms with Gasteiger partial charge in [-0.15, -0.1) is 10.2 Å². The molecule has 34 heavy (non-hydrogen) atoms. The molecule has 1 aromatic rings. The fourth-order valence-electron chi connectivity index (χ4n) is 3.79. The quantitative estimate of drug-likeness (QED) is 0.291. The minimum Gasteiger partial charge on any atom is -0.408 e. The van der Waals surface area contributed by atoms with Crippen molar-refractivity contribution in [2.75, 3.05) is 20.6 Å². The van der Waals surface area contributed by atoms with Crippen LogP contribution in [0.4, 0.5) is 0 Å². The smallest absolute Gasteiger partial charge is 0.296 e. The molecule has 0 radical (unpaired) electrons. The van der Waals surface area contributed by atoms with E-state index in [0.717, 1.165) is 12.8 Å². The van der Waals surface area contributed by atoms with Crippen LogP contribution in [0.5, 0.6) is 0 Å². The van der Waals surface area contributed by atoms with Crippen molar-refractivity contribution in [1.29, 1.82) is 0 Å².